The van der Waals surface area contributed by atoms with Crippen LogP contribution in [0.4, 0.5) is 0 Å². The number of allylic oxidation sites excluding steroid dienone is 1. The summed E-state index contributed by atoms with van der Waals surface area (Å²) in [6, 6.07) is 0. The minimum atomic E-state index is -0.694. The van der Waals surface area contributed by atoms with E-state index in [-0.39, 0.29) is 0 Å². The molecule has 0 fully saturated rings. The van der Waals surface area contributed by atoms with E-state index in [4.69, 9.17) is 0 Å². The normalized spacial score (nSPS) is 18.4. The number of rotatable bonds is 9. The summed E-state index contributed by atoms with van der Waals surface area (Å²) in [6.45, 7) is 13.9. The Morgan fingerprint density at radius 2 is 1.44 bits per heavy atom. The van der Waals surface area contributed by atoms with E-state index in [2.05, 4.69) is 20.4 Å². The third kappa shape index (κ3) is 9.67. The Morgan fingerprint density at radius 1 is 1.00 bits per heavy atom. The lowest BCUT2D eigenvalue weighted by molar-refractivity contribution is -0.0128. The maximum Gasteiger partial charge on any atom is 0.0623 e. The molecule has 2 nitrogen and oxygen atoms in total. The number of hydrogen-bond donors (Lipinski definition) is 2. The van der Waals surface area contributed by atoms with Crippen LogP contribution in [0.3, 0.4) is 0 Å². The molecule has 18 heavy (non-hydrogen) atoms. The minimum absolute atomic E-state index is 0.611. The predicted molar refractivity (Wildman–Crippen MR) is 78.6 cm³/mol. The van der Waals surface area contributed by atoms with E-state index in [0.29, 0.717) is 18.8 Å². The Labute approximate surface area is 113 Å². The van der Waals surface area contributed by atoms with Crippen molar-refractivity contribution in [1.29, 1.82) is 0 Å². The van der Waals surface area contributed by atoms with Gasteiger partial charge < -0.3 is 10.2 Å². The number of hydrogen-bond acceptors (Lipinski definition) is 2. The first-order valence-electron chi connectivity index (χ1n) is 7.13. The summed E-state index contributed by atoms with van der Waals surface area (Å²) in [6.07, 6.45) is 4.71. The van der Waals surface area contributed by atoms with Crippen molar-refractivity contribution in [1.82, 2.24) is 0 Å². The van der Waals surface area contributed by atoms with Gasteiger partial charge in [-0.05, 0) is 65.2 Å². The zero-order chi connectivity index (χ0) is 14.4. The summed E-state index contributed by atoms with van der Waals surface area (Å²) in [5, 5.41) is 20.5. The van der Waals surface area contributed by atoms with E-state index < -0.39 is 11.2 Å². The first-order chi connectivity index (χ1) is 8.04. The molecule has 0 saturated carbocycles. The van der Waals surface area contributed by atoms with Crippen molar-refractivity contribution < 1.29 is 10.2 Å². The fraction of sp³-hybridized carbons (Fsp3) is 0.875. The summed E-state index contributed by atoms with van der Waals surface area (Å²) in [7, 11) is 0. The molecule has 2 unspecified atom stereocenters. The van der Waals surface area contributed by atoms with E-state index in [1.807, 2.05) is 20.8 Å². The average molecular weight is 256 g/mol. The van der Waals surface area contributed by atoms with Crippen LogP contribution in [0.5, 0.6) is 0 Å². The second kappa shape index (κ2) is 7.30. The Kier molecular flexibility index (Phi) is 7.16. The van der Waals surface area contributed by atoms with Crippen LogP contribution >= 0.6 is 0 Å². The molecular weight excluding hydrogens is 224 g/mol. The zero-order valence-electron chi connectivity index (χ0n) is 12.9. The lowest BCUT2D eigenvalue weighted by Gasteiger charge is -2.30. The molecule has 0 amide bonds. The van der Waals surface area contributed by atoms with E-state index in [9.17, 15) is 10.2 Å². The molecule has 2 N–H and O–H groups in total. The van der Waals surface area contributed by atoms with E-state index in [1.54, 1.807) is 0 Å². The lowest BCUT2D eigenvalue weighted by atomic mass is 9.85. The van der Waals surface area contributed by atoms with Gasteiger partial charge in [0.1, 0.15) is 0 Å². The Bertz CT molecular complexity index is 252. The molecule has 0 aromatic carbocycles. The van der Waals surface area contributed by atoms with Crippen molar-refractivity contribution in [3.63, 3.8) is 0 Å². The van der Waals surface area contributed by atoms with Crippen molar-refractivity contribution in [2.45, 2.75) is 84.3 Å². The standard InChI is InChI=1S/C16H32O2/c1-13(2)7-9-15(5,17)11-12-16(6,18)10-8-14(3)4/h14,17-18H,1,7-12H2,2-6H3. The highest BCUT2D eigenvalue weighted by Crippen LogP contribution is 2.28. The highest BCUT2D eigenvalue weighted by atomic mass is 16.3. The summed E-state index contributed by atoms with van der Waals surface area (Å²) in [4.78, 5) is 0. The molecular formula is C16H32O2. The first-order valence-corrected chi connectivity index (χ1v) is 7.13. The van der Waals surface area contributed by atoms with Gasteiger partial charge in [0.2, 0.25) is 0 Å². The highest BCUT2D eigenvalue weighted by Gasteiger charge is 2.27. The van der Waals surface area contributed by atoms with Crippen molar-refractivity contribution in [2.75, 3.05) is 0 Å². The molecule has 2 atom stereocenters. The van der Waals surface area contributed by atoms with E-state index in [0.717, 1.165) is 31.3 Å². The molecule has 0 saturated heterocycles. The predicted octanol–water partition coefficient (Wildman–Crippen LogP) is 4.06. The first kappa shape index (κ1) is 17.7. The molecule has 2 heteroatoms. The summed E-state index contributed by atoms with van der Waals surface area (Å²) in [5.74, 6) is 0.611. The quantitative estimate of drug-likeness (QED) is 0.611. The van der Waals surface area contributed by atoms with E-state index >= 15 is 0 Å². The average Bonchev–Trinajstić information content (AvgIpc) is 2.22. The summed E-state index contributed by atoms with van der Waals surface area (Å²) >= 11 is 0. The van der Waals surface area contributed by atoms with Gasteiger partial charge in [0.15, 0.2) is 0 Å². The fourth-order valence-corrected chi connectivity index (χ4v) is 1.87. The topological polar surface area (TPSA) is 40.5 Å². The molecule has 0 aromatic rings. The molecule has 0 aliphatic carbocycles. The van der Waals surface area contributed by atoms with Crippen LogP contribution in [-0.4, -0.2) is 21.4 Å². The molecule has 108 valence electrons. The Balaban J connectivity index is 4.07. The van der Waals surface area contributed by atoms with Gasteiger partial charge in [-0.25, -0.2) is 0 Å². The zero-order valence-corrected chi connectivity index (χ0v) is 12.9. The molecule has 0 heterocycles. The molecule has 0 aromatic heterocycles. The molecule has 0 aliphatic rings. The smallest absolute Gasteiger partial charge is 0.0623 e. The summed E-state index contributed by atoms with van der Waals surface area (Å²) in [5.41, 5.74) is -0.250. The minimum Gasteiger partial charge on any atom is -0.390 e. The Hall–Kier alpha value is -0.340. The van der Waals surface area contributed by atoms with Crippen molar-refractivity contribution in [3.8, 4) is 0 Å². The summed E-state index contributed by atoms with van der Waals surface area (Å²) < 4.78 is 0. The fourth-order valence-electron chi connectivity index (χ4n) is 1.87. The van der Waals surface area contributed by atoms with E-state index in [1.165, 1.54) is 0 Å². The Morgan fingerprint density at radius 3 is 1.83 bits per heavy atom. The lowest BCUT2D eigenvalue weighted by Crippen LogP contribution is -2.31. The van der Waals surface area contributed by atoms with Gasteiger partial charge in [-0.1, -0.05) is 19.4 Å². The van der Waals surface area contributed by atoms with Gasteiger partial charge >= 0.3 is 0 Å². The van der Waals surface area contributed by atoms with Crippen LogP contribution in [0.15, 0.2) is 12.2 Å². The number of aliphatic hydroxyl groups is 2. The van der Waals surface area contributed by atoms with Crippen molar-refractivity contribution in [3.05, 3.63) is 12.2 Å². The maximum absolute atomic E-state index is 10.3. The van der Waals surface area contributed by atoms with Crippen molar-refractivity contribution >= 4 is 0 Å². The SMILES string of the molecule is C=C(C)CCC(C)(O)CCC(C)(O)CCC(C)C. The second-order valence-corrected chi connectivity index (χ2v) is 6.88. The van der Waals surface area contributed by atoms with Crippen LogP contribution in [0.2, 0.25) is 0 Å². The molecule has 0 aliphatic heterocycles. The van der Waals surface area contributed by atoms with Crippen LogP contribution in [-0.2, 0) is 0 Å². The maximum atomic E-state index is 10.3. The second-order valence-electron chi connectivity index (χ2n) is 6.88. The molecule has 0 rings (SSSR count). The van der Waals surface area contributed by atoms with Crippen molar-refractivity contribution in [2.24, 2.45) is 5.92 Å². The van der Waals surface area contributed by atoms with Crippen LogP contribution < -0.4 is 0 Å². The molecule has 0 bridgehead atoms. The van der Waals surface area contributed by atoms with Gasteiger partial charge in [0.25, 0.3) is 0 Å². The third-order valence-electron chi connectivity index (χ3n) is 3.55. The van der Waals surface area contributed by atoms with Gasteiger partial charge in [0.05, 0.1) is 11.2 Å². The van der Waals surface area contributed by atoms with Gasteiger partial charge in [0, 0.05) is 0 Å². The van der Waals surface area contributed by atoms with Crippen LogP contribution in [0.25, 0.3) is 0 Å². The van der Waals surface area contributed by atoms with Gasteiger partial charge in [-0.3, -0.25) is 0 Å². The largest absolute Gasteiger partial charge is 0.390 e. The third-order valence-corrected chi connectivity index (χ3v) is 3.55. The van der Waals surface area contributed by atoms with Crippen LogP contribution in [0, 0.1) is 5.92 Å². The monoisotopic (exact) mass is 256 g/mol. The van der Waals surface area contributed by atoms with Gasteiger partial charge in [-0.15, -0.1) is 6.58 Å². The van der Waals surface area contributed by atoms with Crippen LogP contribution in [0.1, 0.15) is 73.1 Å². The highest BCUT2D eigenvalue weighted by molar-refractivity contribution is 4.91. The molecule has 0 spiro atoms. The molecule has 0 radical (unpaired) electrons. The van der Waals surface area contributed by atoms with Gasteiger partial charge in [-0.2, -0.15) is 0 Å².